The fourth-order valence-corrected chi connectivity index (χ4v) is 3.71. The molecule has 1 aliphatic rings. The zero-order valence-corrected chi connectivity index (χ0v) is 11.8. The fourth-order valence-electron chi connectivity index (χ4n) is 3.71. The number of aliphatic carboxylic acids is 1. The molecule has 1 aromatic carbocycles. The van der Waals surface area contributed by atoms with Crippen LogP contribution >= 0.6 is 0 Å². The van der Waals surface area contributed by atoms with Crippen LogP contribution in [0.3, 0.4) is 0 Å². The SMILES string of the molecule is CCCC(C(=O)O)C1(Cc2ccccc2)CCCC1. The molecule has 1 N–H and O–H groups in total. The van der Waals surface area contributed by atoms with E-state index in [0.717, 1.165) is 32.1 Å². The summed E-state index contributed by atoms with van der Waals surface area (Å²) in [5.74, 6) is -0.778. The van der Waals surface area contributed by atoms with Crippen LogP contribution in [0.2, 0.25) is 0 Å². The summed E-state index contributed by atoms with van der Waals surface area (Å²) < 4.78 is 0. The molecule has 0 aromatic heterocycles. The molecule has 0 amide bonds. The van der Waals surface area contributed by atoms with E-state index in [4.69, 9.17) is 0 Å². The van der Waals surface area contributed by atoms with Gasteiger partial charge in [-0.15, -0.1) is 0 Å². The maximum atomic E-state index is 11.7. The highest BCUT2D eigenvalue weighted by molar-refractivity contribution is 5.71. The number of rotatable bonds is 6. The second-order valence-corrected chi connectivity index (χ2v) is 5.91. The van der Waals surface area contributed by atoms with Gasteiger partial charge in [0.25, 0.3) is 0 Å². The van der Waals surface area contributed by atoms with Crippen molar-refractivity contribution in [3.05, 3.63) is 35.9 Å². The molecule has 0 heterocycles. The lowest BCUT2D eigenvalue weighted by Gasteiger charge is -2.35. The summed E-state index contributed by atoms with van der Waals surface area (Å²) in [7, 11) is 0. The maximum Gasteiger partial charge on any atom is 0.307 e. The minimum absolute atomic E-state index is 0.0107. The summed E-state index contributed by atoms with van der Waals surface area (Å²) in [6.07, 6.45) is 7.18. The third-order valence-electron chi connectivity index (χ3n) is 4.61. The molecule has 0 radical (unpaired) electrons. The molecule has 2 nitrogen and oxygen atoms in total. The highest BCUT2D eigenvalue weighted by Gasteiger charge is 2.44. The van der Waals surface area contributed by atoms with Crippen LogP contribution < -0.4 is 0 Å². The van der Waals surface area contributed by atoms with E-state index < -0.39 is 5.97 Å². The number of hydrogen-bond acceptors (Lipinski definition) is 1. The van der Waals surface area contributed by atoms with E-state index in [1.54, 1.807) is 0 Å². The normalized spacial score (nSPS) is 19.2. The van der Waals surface area contributed by atoms with Gasteiger partial charge >= 0.3 is 5.97 Å². The topological polar surface area (TPSA) is 37.3 Å². The first-order valence-electron chi connectivity index (χ1n) is 7.45. The van der Waals surface area contributed by atoms with Gasteiger partial charge in [-0.2, -0.15) is 0 Å². The minimum atomic E-state index is -0.598. The van der Waals surface area contributed by atoms with Crippen molar-refractivity contribution in [1.82, 2.24) is 0 Å². The van der Waals surface area contributed by atoms with E-state index in [1.807, 2.05) is 18.2 Å². The summed E-state index contributed by atoms with van der Waals surface area (Å²) >= 11 is 0. The van der Waals surface area contributed by atoms with Gasteiger partial charge in [0.05, 0.1) is 5.92 Å². The maximum absolute atomic E-state index is 11.7. The highest BCUT2D eigenvalue weighted by Crippen LogP contribution is 2.48. The average Bonchev–Trinajstić information content (AvgIpc) is 2.86. The molecule has 1 aliphatic carbocycles. The molecule has 0 aliphatic heterocycles. The van der Waals surface area contributed by atoms with Crippen LogP contribution in [0.4, 0.5) is 0 Å². The van der Waals surface area contributed by atoms with E-state index in [9.17, 15) is 9.90 Å². The molecule has 1 saturated carbocycles. The predicted molar refractivity (Wildman–Crippen MR) is 77.1 cm³/mol. The summed E-state index contributed by atoms with van der Waals surface area (Å²) in [5, 5.41) is 9.61. The van der Waals surface area contributed by atoms with Gasteiger partial charge in [-0.1, -0.05) is 56.5 Å². The third kappa shape index (κ3) is 3.17. The van der Waals surface area contributed by atoms with Gasteiger partial charge < -0.3 is 5.11 Å². The lowest BCUT2D eigenvalue weighted by molar-refractivity contribution is -0.147. The van der Waals surface area contributed by atoms with Crippen LogP contribution in [-0.4, -0.2) is 11.1 Å². The monoisotopic (exact) mass is 260 g/mol. The Morgan fingerprint density at radius 3 is 2.42 bits per heavy atom. The van der Waals surface area contributed by atoms with Crippen molar-refractivity contribution in [1.29, 1.82) is 0 Å². The van der Waals surface area contributed by atoms with Crippen molar-refractivity contribution in [2.24, 2.45) is 11.3 Å². The molecule has 0 spiro atoms. The van der Waals surface area contributed by atoms with Crippen molar-refractivity contribution in [3.63, 3.8) is 0 Å². The first-order chi connectivity index (χ1) is 9.18. The van der Waals surface area contributed by atoms with Crippen molar-refractivity contribution < 1.29 is 9.90 Å². The van der Waals surface area contributed by atoms with Crippen molar-refractivity contribution in [2.45, 2.75) is 51.9 Å². The number of carbonyl (C=O) groups is 1. The van der Waals surface area contributed by atoms with Crippen LogP contribution in [0.5, 0.6) is 0 Å². The Morgan fingerprint density at radius 1 is 1.26 bits per heavy atom. The van der Waals surface area contributed by atoms with Gasteiger partial charge in [0, 0.05) is 0 Å². The van der Waals surface area contributed by atoms with Gasteiger partial charge in [0.2, 0.25) is 0 Å². The smallest absolute Gasteiger partial charge is 0.307 e. The van der Waals surface area contributed by atoms with Crippen LogP contribution in [0, 0.1) is 11.3 Å². The Bertz CT molecular complexity index is 405. The van der Waals surface area contributed by atoms with Crippen LogP contribution in [0.25, 0.3) is 0 Å². The predicted octanol–water partition coefficient (Wildman–Crippen LogP) is 4.29. The fraction of sp³-hybridized carbons (Fsp3) is 0.588. The molecule has 1 atom stereocenters. The van der Waals surface area contributed by atoms with E-state index >= 15 is 0 Å². The largest absolute Gasteiger partial charge is 0.481 e. The first-order valence-corrected chi connectivity index (χ1v) is 7.45. The van der Waals surface area contributed by atoms with Crippen molar-refractivity contribution in [3.8, 4) is 0 Å². The first kappa shape index (κ1) is 14.1. The summed E-state index contributed by atoms with van der Waals surface area (Å²) in [4.78, 5) is 11.7. The number of hydrogen-bond donors (Lipinski definition) is 1. The standard InChI is InChI=1S/C17H24O2/c1-2-8-15(16(18)19)17(11-6-7-12-17)13-14-9-4-3-5-10-14/h3-5,9-10,15H,2,6-8,11-13H2,1H3,(H,18,19). The highest BCUT2D eigenvalue weighted by atomic mass is 16.4. The van der Waals surface area contributed by atoms with E-state index in [-0.39, 0.29) is 11.3 Å². The van der Waals surface area contributed by atoms with E-state index in [2.05, 4.69) is 19.1 Å². The number of carboxylic acid groups (broad SMARTS) is 1. The average molecular weight is 260 g/mol. The van der Waals surface area contributed by atoms with Gasteiger partial charge in [-0.25, -0.2) is 0 Å². The van der Waals surface area contributed by atoms with Gasteiger partial charge in [-0.05, 0) is 36.7 Å². The van der Waals surface area contributed by atoms with Crippen molar-refractivity contribution >= 4 is 5.97 Å². The van der Waals surface area contributed by atoms with Crippen molar-refractivity contribution in [2.75, 3.05) is 0 Å². The molecular weight excluding hydrogens is 236 g/mol. The Hall–Kier alpha value is -1.31. The van der Waals surface area contributed by atoms with Crippen LogP contribution in [0.15, 0.2) is 30.3 Å². The third-order valence-corrected chi connectivity index (χ3v) is 4.61. The molecule has 19 heavy (non-hydrogen) atoms. The van der Waals surface area contributed by atoms with E-state index in [0.29, 0.717) is 0 Å². The lowest BCUT2D eigenvalue weighted by Crippen LogP contribution is -2.35. The lowest BCUT2D eigenvalue weighted by atomic mass is 9.68. The molecule has 0 bridgehead atoms. The molecule has 2 heteroatoms. The second kappa shape index (κ2) is 6.23. The number of benzene rings is 1. The molecule has 1 aromatic rings. The summed E-state index contributed by atoms with van der Waals surface area (Å²) in [5.41, 5.74) is 1.27. The molecule has 1 fully saturated rings. The Morgan fingerprint density at radius 2 is 1.89 bits per heavy atom. The summed E-state index contributed by atoms with van der Waals surface area (Å²) in [6, 6.07) is 10.4. The Balaban J connectivity index is 2.23. The molecule has 1 unspecified atom stereocenters. The molecular formula is C17H24O2. The van der Waals surface area contributed by atoms with Gasteiger partial charge in [-0.3, -0.25) is 4.79 Å². The zero-order valence-electron chi connectivity index (χ0n) is 11.8. The quantitative estimate of drug-likeness (QED) is 0.828. The summed E-state index contributed by atoms with van der Waals surface area (Å²) in [6.45, 7) is 2.08. The van der Waals surface area contributed by atoms with Crippen LogP contribution in [0.1, 0.15) is 51.0 Å². The second-order valence-electron chi connectivity index (χ2n) is 5.91. The molecule has 2 rings (SSSR count). The molecule has 104 valence electrons. The Labute approximate surface area is 115 Å². The van der Waals surface area contributed by atoms with Gasteiger partial charge in [0.1, 0.15) is 0 Å². The van der Waals surface area contributed by atoms with Gasteiger partial charge in [0.15, 0.2) is 0 Å². The number of carboxylic acids is 1. The molecule has 0 saturated heterocycles. The van der Waals surface area contributed by atoms with Crippen LogP contribution in [-0.2, 0) is 11.2 Å². The van der Waals surface area contributed by atoms with E-state index in [1.165, 1.54) is 18.4 Å². The minimum Gasteiger partial charge on any atom is -0.481 e. The Kier molecular flexibility index (Phi) is 4.62. The zero-order chi connectivity index (χ0) is 13.7.